The minimum Gasteiger partial charge on any atom is -0.277 e. The molecule has 0 amide bonds. The third kappa shape index (κ3) is 2.69. The SMILES string of the molecule is Cc1ccc2c(c1)nc(C=Cc1cccs1)n2-c1ccccn1. The van der Waals surface area contributed by atoms with E-state index in [2.05, 4.69) is 64.3 Å². The normalized spacial score (nSPS) is 11.5. The molecule has 23 heavy (non-hydrogen) atoms. The quantitative estimate of drug-likeness (QED) is 0.534. The Hall–Kier alpha value is -2.72. The summed E-state index contributed by atoms with van der Waals surface area (Å²) in [4.78, 5) is 10.5. The summed E-state index contributed by atoms with van der Waals surface area (Å²) in [5, 5.41) is 2.07. The Kier molecular flexibility index (Phi) is 3.52. The Morgan fingerprint density at radius 2 is 2.00 bits per heavy atom. The van der Waals surface area contributed by atoms with Crippen LogP contribution in [0.25, 0.3) is 29.0 Å². The molecule has 112 valence electrons. The molecule has 4 heteroatoms. The predicted octanol–water partition coefficient (Wildman–Crippen LogP) is 4.96. The van der Waals surface area contributed by atoms with Crippen LogP contribution in [0.1, 0.15) is 16.3 Å². The fourth-order valence-corrected chi connectivity index (χ4v) is 3.21. The summed E-state index contributed by atoms with van der Waals surface area (Å²) in [5.74, 6) is 1.77. The van der Waals surface area contributed by atoms with Gasteiger partial charge in [-0.1, -0.05) is 18.2 Å². The van der Waals surface area contributed by atoms with Gasteiger partial charge in [0.1, 0.15) is 11.6 Å². The van der Waals surface area contributed by atoms with E-state index in [1.807, 2.05) is 24.4 Å². The fourth-order valence-electron chi connectivity index (χ4n) is 2.59. The zero-order valence-electron chi connectivity index (χ0n) is 12.7. The highest BCUT2D eigenvalue weighted by molar-refractivity contribution is 7.10. The van der Waals surface area contributed by atoms with Gasteiger partial charge in [0.25, 0.3) is 0 Å². The molecule has 0 fully saturated rings. The standard InChI is InChI=1S/C19H15N3S/c1-14-7-9-17-16(13-14)21-19(10-8-15-5-4-12-23-15)22(17)18-6-2-3-11-20-18/h2-13H,1H3. The van der Waals surface area contributed by atoms with Gasteiger partial charge in [0.15, 0.2) is 0 Å². The third-order valence-electron chi connectivity index (χ3n) is 3.65. The summed E-state index contributed by atoms with van der Waals surface area (Å²) in [6, 6.07) is 16.4. The fraction of sp³-hybridized carbons (Fsp3) is 0.0526. The first kappa shape index (κ1) is 13.9. The molecule has 1 aromatic carbocycles. The molecule has 4 rings (SSSR count). The van der Waals surface area contributed by atoms with Crippen LogP contribution in [0, 0.1) is 6.92 Å². The van der Waals surface area contributed by atoms with Gasteiger partial charge in [-0.15, -0.1) is 11.3 Å². The molecule has 3 heterocycles. The highest BCUT2D eigenvalue weighted by Gasteiger charge is 2.11. The summed E-state index contributed by atoms with van der Waals surface area (Å²) in [6.07, 6.45) is 5.95. The molecule has 0 bridgehead atoms. The second-order valence-corrected chi connectivity index (χ2v) is 6.31. The van der Waals surface area contributed by atoms with Crippen molar-refractivity contribution in [1.29, 1.82) is 0 Å². The van der Waals surface area contributed by atoms with Crippen molar-refractivity contribution in [3.05, 3.63) is 76.4 Å². The van der Waals surface area contributed by atoms with Crippen LogP contribution in [-0.2, 0) is 0 Å². The van der Waals surface area contributed by atoms with Crippen LogP contribution >= 0.6 is 11.3 Å². The lowest BCUT2D eigenvalue weighted by Crippen LogP contribution is -1.99. The first-order valence-electron chi connectivity index (χ1n) is 7.43. The van der Waals surface area contributed by atoms with E-state index in [-0.39, 0.29) is 0 Å². The topological polar surface area (TPSA) is 30.7 Å². The molecule has 4 aromatic rings. The van der Waals surface area contributed by atoms with Crippen molar-refractivity contribution in [3.63, 3.8) is 0 Å². The van der Waals surface area contributed by atoms with Gasteiger partial charge >= 0.3 is 0 Å². The van der Waals surface area contributed by atoms with Gasteiger partial charge in [-0.3, -0.25) is 4.57 Å². The van der Waals surface area contributed by atoms with Crippen molar-refractivity contribution < 1.29 is 0 Å². The number of benzene rings is 1. The van der Waals surface area contributed by atoms with E-state index in [1.54, 1.807) is 11.3 Å². The van der Waals surface area contributed by atoms with Gasteiger partial charge in [0, 0.05) is 11.1 Å². The lowest BCUT2D eigenvalue weighted by molar-refractivity contribution is 1.01. The number of aromatic nitrogens is 3. The molecule has 0 unspecified atom stereocenters. The molecule has 0 aliphatic heterocycles. The Morgan fingerprint density at radius 3 is 2.78 bits per heavy atom. The van der Waals surface area contributed by atoms with Crippen molar-refractivity contribution in [2.75, 3.05) is 0 Å². The van der Waals surface area contributed by atoms with Crippen LogP contribution in [0.15, 0.2) is 60.1 Å². The van der Waals surface area contributed by atoms with Gasteiger partial charge < -0.3 is 0 Å². The number of nitrogens with zero attached hydrogens (tertiary/aromatic N) is 3. The van der Waals surface area contributed by atoms with Crippen molar-refractivity contribution in [2.45, 2.75) is 6.92 Å². The Bertz CT molecular complexity index is 967. The molecule has 3 nitrogen and oxygen atoms in total. The molecular formula is C19H15N3S. The van der Waals surface area contributed by atoms with Crippen LogP contribution < -0.4 is 0 Å². The molecule has 3 aromatic heterocycles. The maximum absolute atomic E-state index is 4.79. The predicted molar refractivity (Wildman–Crippen MR) is 96.8 cm³/mol. The van der Waals surface area contributed by atoms with Crippen LogP contribution in [0.3, 0.4) is 0 Å². The molecule has 0 atom stereocenters. The van der Waals surface area contributed by atoms with Crippen molar-refractivity contribution in [2.24, 2.45) is 0 Å². The van der Waals surface area contributed by atoms with Crippen molar-refractivity contribution >= 4 is 34.5 Å². The molecule has 0 aliphatic rings. The zero-order chi connectivity index (χ0) is 15.6. The average Bonchev–Trinajstić information content (AvgIpc) is 3.20. The Balaban J connectivity index is 1.92. The molecule has 0 radical (unpaired) electrons. The smallest absolute Gasteiger partial charge is 0.139 e. The summed E-state index contributed by atoms with van der Waals surface area (Å²) in [5.41, 5.74) is 3.26. The Labute approximate surface area is 138 Å². The lowest BCUT2D eigenvalue weighted by Gasteiger charge is -2.05. The number of hydrogen-bond donors (Lipinski definition) is 0. The number of hydrogen-bond acceptors (Lipinski definition) is 3. The summed E-state index contributed by atoms with van der Waals surface area (Å²) < 4.78 is 2.10. The number of aryl methyl sites for hydroxylation is 1. The van der Waals surface area contributed by atoms with Crippen LogP contribution in [-0.4, -0.2) is 14.5 Å². The maximum Gasteiger partial charge on any atom is 0.139 e. The highest BCUT2D eigenvalue weighted by atomic mass is 32.1. The number of imidazole rings is 1. The molecule has 0 saturated heterocycles. The second-order valence-electron chi connectivity index (χ2n) is 5.33. The van der Waals surface area contributed by atoms with Crippen LogP contribution in [0.2, 0.25) is 0 Å². The number of pyridine rings is 1. The summed E-state index contributed by atoms with van der Waals surface area (Å²) in [7, 11) is 0. The van der Waals surface area contributed by atoms with E-state index in [1.165, 1.54) is 10.4 Å². The largest absolute Gasteiger partial charge is 0.277 e. The van der Waals surface area contributed by atoms with E-state index in [9.17, 15) is 0 Å². The second kappa shape index (κ2) is 5.82. The highest BCUT2D eigenvalue weighted by Crippen LogP contribution is 2.23. The zero-order valence-corrected chi connectivity index (χ0v) is 13.5. The minimum atomic E-state index is 0.879. The van der Waals surface area contributed by atoms with Gasteiger partial charge in [0.05, 0.1) is 11.0 Å². The van der Waals surface area contributed by atoms with E-state index in [4.69, 9.17) is 4.98 Å². The van der Waals surface area contributed by atoms with Gasteiger partial charge in [-0.25, -0.2) is 9.97 Å². The van der Waals surface area contributed by atoms with Crippen LogP contribution in [0.5, 0.6) is 0 Å². The maximum atomic E-state index is 4.79. The van der Waals surface area contributed by atoms with Gasteiger partial charge in [-0.2, -0.15) is 0 Å². The number of thiophene rings is 1. The first-order valence-corrected chi connectivity index (χ1v) is 8.31. The minimum absolute atomic E-state index is 0.879. The Morgan fingerprint density at radius 1 is 1.04 bits per heavy atom. The summed E-state index contributed by atoms with van der Waals surface area (Å²) in [6.45, 7) is 2.08. The lowest BCUT2D eigenvalue weighted by atomic mass is 10.2. The molecule has 0 N–H and O–H groups in total. The molecule has 0 saturated carbocycles. The van der Waals surface area contributed by atoms with E-state index in [0.717, 1.165) is 22.7 Å². The number of rotatable bonds is 3. The van der Waals surface area contributed by atoms with E-state index >= 15 is 0 Å². The van der Waals surface area contributed by atoms with Crippen molar-refractivity contribution in [3.8, 4) is 5.82 Å². The average molecular weight is 317 g/mol. The van der Waals surface area contributed by atoms with Gasteiger partial charge in [-0.05, 0) is 60.4 Å². The first-order chi connectivity index (χ1) is 11.3. The molecule has 0 aliphatic carbocycles. The summed E-state index contributed by atoms with van der Waals surface area (Å²) >= 11 is 1.71. The monoisotopic (exact) mass is 317 g/mol. The van der Waals surface area contributed by atoms with Crippen molar-refractivity contribution in [1.82, 2.24) is 14.5 Å². The number of fused-ring (bicyclic) bond motifs is 1. The van der Waals surface area contributed by atoms with Gasteiger partial charge in [0.2, 0.25) is 0 Å². The third-order valence-corrected chi connectivity index (χ3v) is 4.49. The van der Waals surface area contributed by atoms with E-state index < -0.39 is 0 Å². The molecule has 0 spiro atoms. The molecular weight excluding hydrogens is 302 g/mol. The van der Waals surface area contributed by atoms with Crippen LogP contribution in [0.4, 0.5) is 0 Å². The van der Waals surface area contributed by atoms with E-state index in [0.29, 0.717) is 0 Å².